The van der Waals surface area contributed by atoms with E-state index in [9.17, 15) is 4.79 Å². The first-order valence-electron chi connectivity index (χ1n) is 5.15. The van der Waals surface area contributed by atoms with Crippen molar-refractivity contribution in [1.82, 2.24) is 9.97 Å². The summed E-state index contributed by atoms with van der Waals surface area (Å²) < 4.78 is 5.13. The predicted octanol–water partition coefficient (Wildman–Crippen LogP) is 1.68. The Hall–Kier alpha value is -1.62. The molecule has 5 nitrogen and oxygen atoms in total. The van der Waals surface area contributed by atoms with Crippen LogP contribution in [0.1, 0.15) is 6.42 Å². The van der Waals surface area contributed by atoms with Crippen LogP contribution >= 0.6 is 11.6 Å². The molecule has 6 heteroatoms. The first-order valence-corrected chi connectivity index (χ1v) is 5.53. The molecule has 0 aliphatic carbocycles. The van der Waals surface area contributed by atoms with Crippen LogP contribution in [0.25, 0.3) is 0 Å². The number of rotatable bonds is 3. The minimum atomic E-state index is -0.0111. The van der Waals surface area contributed by atoms with Crippen LogP contribution in [-0.4, -0.2) is 29.5 Å². The molecule has 0 saturated carbocycles. The number of methoxy groups -OCH3 is 1. The maximum absolute atomic E-state index is 11.8. The van der Waals surface area contributed by atoms with E-state index in [-0.39, 0.29) is 17.1 Å². The van der Waals surface area contributed by atoms with Gasteiger partial charge in [0, 0.05) is 18.9 Å². The summed E-state index contributed by atoms with van der Waals surface area (Å²) in [5.41, 5.74) is 0. The van der Waals surface area contributed by atoms with E-state index in [1.165, 1.54) is 13.3 Å². The van der Waals surface area contributed by atoms with Gasteiger partial charge in [-0.15, -0.1) is 6.58 Å². The Morgan fingerprint density at radius 3 is 3.06 bits per heavy atom. The molecule has 1 fully saturated rings. The van der Waals surface area contributed by atoms with Crippen molar-refractivity contribution in [2.75, 3.05) is 18.6 Å². The molecule has 0 bridgehead atoms. The molecule has 1 saturated heterocycles. The maximum atomic E-state index is 11.8. The van der Waals surface area contributed by atoms with Gasteiger partial charge in [0.05, 0.1) is 13.3 Å². The largest absolute Gasteiger partial charge is 0.491 e. The predicted molar refractivity (Wildman–Crippen MR) is 64.3 cm³/mol. The molecule has 0 N–H and O–H groups in total. The quantitative estimate of drug-likeness (QED) is 0.608. The Balaban J connectivity index is 2.36. The second kappa shape index (κ2) is 4.71. The molecule has 2 heterocycles. The first kappa shape index (κ1) is 11.9. The number of amides is 1. The summed E-state index contributed by atoms with van der Waals surface area (Å²) in [6.45, 7) is 4.24. The molecule has 1 aromatic rings. The maximum Gasteiger partial charge on any atom is 0.228 e. The summed E-state index contributed by atoms with van der Waals surface area (Å²) in [4.78, 5) is 21.3. The fourth-order valence-corrected chi connectivity index (χ4v) is 1.91. The van der Waals surface area contributed by atoms with Gasteiger partial charge in [0.1, 0.15) is 0 Å². The van der Waals surface area contributed by atoms with Gasteiger partial charge in [0.2, 0.25) is 11.2 Å². The molecular formula is C11H12ClN3O2. The van der Waals surface area contributed by atoms with Crippen LogP contribution in [0.4, 0.5) is 5.82 Å². The lowest BCUT2D eigenvalue weighted by molar-refractivity contribution is -0.117. The molecule has 0 radical (unpaired) electrons. The monoisotopic (exact) mass is 253 g/mol. The Morgan fingerprint density at radius 1 is 1.71 bits per heavy atom. The SMILES string of the molecule is C=CC1CC(=O)N(c2nc(Cl)ncc2OC)C1. The minimum absolute atomic E-state index is 0.0111. The lowest BCUT2D eigenvalue weighted by Gasteiger charge is -2.17. The third-order valence-electron chi connectivity index (χ3n) is 2.67. The highest BCUT2D eigenvalue weighted by Gasteiger charge is 2.31. The van der Waals surface area contributed by atoms with Crippen LogP contribution < -0.4 is 9.64 Å². The Morgan fingerprint density at radius 2 is 2.47 bits per heavy atom. The molecule has 0 aromatic carbocycles. The molecule has 1 aliphatic heterocycles. The summed E-state index contributed by atoms with van der Waals surface area (Å²) in [6.07, 6.45) is 3.67. The summed E-state index contributed by atoms with van der Waals surface area (Å²) in [5.74, 6) is 0.984. The summed E-state index contributed by atoms with van der Waals surface area (Å²) in [6, 6.07) is 0. The van der Waals surface area contributed by atoms with E-state index in [0.29, 0.717) is 24.5 Å². The van der Waals surface area contributed by atoms with Gasteiger partial charge in [-0.05, 0) is 11.6 Å². The van der Waals surface area contributed by atoms with E-state index in [4.69, 9.17) is 16.3 Å². The third-order valence-corrected chi connectivity index (χ3v) is 2.85. The smallest absolute Gasteiger partial charge is 0.228 e. The van der Waals surface area contributed by atoms with Gasteiger partial charge in [0.25, 0.3) is 0 Å². The van der Waals surface area contributed by atoms with Crippen molar-refractivity contribution < 1.29 is 9.53 Å². The lowest BCUT2D eigenvalue weighted by atomic mass is 10.1. The average molecular weight is 254 g/mol. The number of carbonyl (C=O) groups excluding carboxylic acids is 1. The fraction of sp³-hybridized carbons (Fsp3) is 0.364. The number of hydrogen-bond acceptors (Lipinski definition) is 4. The van der Waals surface area contributed by atoms with Crippen LogP contribution in [0.3, 0.4) is 0 Å². The Kier molecular flexibility index (Phi) is 3.28. The third kappa shape index (κ3) is 2.24. The number of aromatic nitrogens is 2. The number of ether oxygens (including phenoxy) is 1. The second-order valence-corrected chi connectivity index (χ2v) is 4.07. The standard InChI is InChI=1S/C11H12ClN3O2/c1-3-7-4-9(16)15(6-7)10-8(17-2)5-13-11(12)14-10/h3,5,7H,1,4,6H2,2H3. The van der Waals surface area contributed by atoms with E-state index in [1.807, 2.05) is 0 Å². The summed E-state index contributed by atoms with van der Waals surface area (Å²) in [7, 11) is 1.50. The first-order chi connectivity index (χ1) is 8.15. The molecule has 0 spiro atoms. The van der Waals surface area contributed by atoms with Crippen molar-refractivity contribution >= 4 is 23.3 Å². The molecule has 1 amide bonds. The van der Waals surface area contributed by atoms with Crippen LogP contribution in [0, 0.1) is 5.92 Å². The molecule has 1 atom stereocenters. The van der Waals surface area contributed by atoms with Gasteiger partial charge in [-0.3, -0.25) is 9.69 Å². The Labute approximate surface area is 104 Å². The lowest BCUT2D eigenvalue weighted by Crippen LogP contribution is -2.26. The normalized spacial score (nSPS) is 19.5. The number of anilines is 1. The van der Waals surface area contributed by atoms with Crippen LogP contribution in [0.15, 0.2) is 18.9 Å². The number of carbonyl (C=O) groups is 1. The van der Waals surface area contributed by atoms with Gasteiger partial charge in [-0.25, -0.2) is 4.98 Å². The van der Waals surface area contributed by atoms with E-state index in [0.717, 1.165) is 0 Å². The van der Waals surface area contributed by atoms with Gasteiger partial charge >= 0.3 is 0 Å². The summed E-state index contributed by atoms with van der Waals surface area (Å²) in [5, 5.41) is 0.0932. The van der Waals surface area contributed by atoms with Gasteiger partial charge in [0.15, 0.2) is 11.6 Å². The van der Waals surface area contributed by atoms with E-state index < -0.39 is 0 Å². The van der Waals surface area contributed by atoms with E-state index in [1.54, 1.807) is 11.0 Å². The van der Waals surface area contributed by atoms with Gasteiger partial charge in [-0.1, -0.05) is 6.08 Å². The highest BCUT2D eigenvalue weighted by atomic mass is 35.5. The van der Waals surface area contributed by atoms with Crippen molar-refractivity contribution in [2.45, 2.75) is 6.42 Å². The number of nitrogens with zero attached hydrogens (tertiary/aromatic N) is 3. The molecule has 2 rings (SSSR count). The number of hydrogen-bond donors (Lipinski definition) is 0. The van der Waals surface area contributed by atoms with Crippen LogP contribution in [-0.2, 0) is 4.79 Å². The second-order valence-electron chi connectivity index (χ2n) is 3.74. The molecule has 1 aliphatic rings. The van der Waals surface area contributed by atoms with Crippen molar-refractivity contribution in [3.63, 3.8) is 0 Å². The molecular weight excluding hydrogens is 242 g/mol. The average Bonchev–Trinajstić information content (AvgIpc) is 2.70. The van der Waals surface area contributed by atoms with Crippen molar-refractivity contribution in [3.8, 4) is 5.75 Å². The van der Waals surface area contributed by atoms with Crippen LogP contribution in [0.2, 0.25) is 5.28 Å². The number of halogens is 1. The molecule has 17 heavy (non-hydrogen) atoms. The van der Waals surface area contributed by atoms with Crippen molar-refractivity contribution in [3.05, 3.63) is 24.1 Å². The zero-order valence-electron chi connectivity index (χ0n) is 9.39. The molecule has 1 aromatic heterocycles. The summed E-state index contributed by atoms with van der Waals surface area (Å²) >= 11 is 5.73. The topological polar surface area (TPSA) is 55.3 Å². The zero-order chi connectivity index (χ0) is 12.4. The van der Waals surface area contributed by atoms with E-state index >= 15 is 0 Å². The zero-order valence-corrected chi connectivity index (χ0v) is 10.1. The highest BCUT2D eigenvalue weighted by Crippen LogP contribution is 2.31. The van der Waals surface area contributed by atoms with Gasteiger partial charge in [-0.2, -0.15) is 4.98 Å². The van der Waals surface area contributed by atoms with Crippen LogP contribution in [0.5, 0.6) is 5.75 Å². The Bertz CT molecular complexity index is 464. The van der Waals surface area contributed by atoms with Crippen molar-refractivity contribution in [2.24, 2.45) is 5.92 Å². The van der Waals surface area contributed by atoms with Gasteiger partial charge < -0.3 is 4.74 Å². The van der Waals surface area contributed by atoms with E-state index in [2.05, 4.69) is 16.5 Å². The molecule has 90 valence electrons. The fourth-order valence-electron chi connectivity index (χ4n) is 1.78. The minimum Gasteiger partial charge on any atom is -0.491 e. The molecule has 1 unspecified atom stereocenters. The van der Waals surface area contributed by atoms with Crippen molar-refractivity contribution in [1.29, 1.82) is 0 Å². The highest BCUT2D eigenvalue weighted by molar-refractivity contribution is 6.28.